The van der Waals surface area contributed by atoms with Gasteiger partial charge in [0, 0.05) is 41.3 Å². The fraction of sp³-hybridized carbons (Fsp3) is 0.459. The predicted octanol–water partition coefficient (Wildman–Crippen LogP) is 9.72. The number of benzene rings is 3. The van der Waals surface area contributed by atoms with Crippen LogP contribution in [0.15, 0.2) is 42.5 Å². The molecule has 3 aromatic rings. The highest BCUT2D eigenvalue weighted by atomic mass is 35.5. The predicted molar refractivity (Wildman–Crippen MR) is 192 cm³/mol. The maximum absolute atomic E-state index is 16.6. The molecule has 262 valence electrons. The number of amides is 1. The van der Waals surface area contributed by atoms with Gasteiger partial charge in [0.25, 0.3) is 0 Å². The molecule has 0 spiro atoms. The molecular formula is C37H43Cl2F2N3O4Si. The summed E-state index contributed by atoms with van der Waals surface area (Å²) in [4.78, 5) is 17.0. The van der Waals surface area contributed by atoms with Crippen LogP contribution in [0.5, 0.6) is 5.75 Å². The zero-order valence-corrected chi connectivity index (χ0v) is 31.8. The monoisotopic (exact) mass is 729 g/mol. The number of rotatable bonds is 7. The van der Waals surface area contributed by atoms with E-state index in [1.165, 1.54) is 18.2 Å². The lowest BCUT2D eigenvalue weighted by Gasteiger charge is -2.48. The summed E-state index contributed by atoms with van der Waals surface area (Å²) in [5, 5.41) is 10.3. The Labute approximate surface area is 298 Å². The third kappa shape index (κ3) is 7.14. The first-order chi connectivity index (χ1) is 22.8. The first-order valence-electron chi connectivity index (χ1n) is 16.3. The normalized spacial score (nSPS) is 17.8. The molecule has 2 heterocycles. The van der Waals surface area contributed by atoms with Crippen LogP contribution in [-0.2, 0) is 21.1 Å². The molecule has 2 aliphatic heterocycles. The fourth-order valence-corrected chi connectivity index (χ4v) is 7.80. The highest BCUT2D eigenvalue weighted by molar-refractivity contribution is 6.74. The van der Waals surface area contributed by atoms with Crippen LogP contribution in [-0.4, -0.2) is 57.8 Å². The van der Waals surface area contributed by atoms with Crippen LogP contribution in [0.4, 0.5) is 19.3 Å². The maximum atomic E-state index is 16.6. The van der Waals surface area contributed by atoms with Crippen LogP contribution < -0.4 is 9.64 Å². The molecule has 0 aromatic heterocycles. The van der Waals surface area contributed by atoms with Gasteiger partial charge in [0.2, 0.25) is 0 Å². The Bertz CT molecular complexity index is 1820. The number of hydrogen-bond acceptors (Lipinski definition) is 6. The van der Waals surface area contributed by atoms with Crippen molar-refractivity contribution in [1.29, 1.82) is 5.26 Å². The molecule has 1 saturated heterocycles. The highest BCUT2D eigenvalue weighted by Crippen LogP contribution is 2.54. The topological polar surface area (TPSA) is 75.0 Å². The summed E-state index contributed by atoms with van der Waals surface area (Å²) in [6.07, 6.45) is -0.262. The Hall–Kier alpha value is -3.36. The molecule has 0 radical (unpaired) electrons. The SMILES string of the molecule is CC(C)(C)OC(=O)N1CCN2c3cc(F)c(Cl)c(-c4c(C#N)ccc(OCCO[Si](C)(C)C(C)(C)C)c4F)c3CC2(c2cccc(Cl)c2)C1. The molecule has 1 fully saturated rings. The van der Waals surface area contributed by atoms with Gasteiger partial charge in [-0.15, -0.1) is 0 Å². The minimum atomic E-state index is -2.06. The molecule has 0 saturated carbocycles. The second kappa shape index (κ2) is 13.4. The van der Waals surface area contributed by atoms with Gasteiger partial charge in [-0.3, -0.25) is 0 Å². The van der Waals surface area contributed by atoms with Crippen molar-refractivity contribution in [3.05, 3.63) is 80.8 Å². The lowest BCUT2D eigenvalue weighted by molar-refractivity contribution is 0.0164. The minimum absolute atomic E-state index is 0.00600. The minimum Gasteiger partial charge on any atom is -0.488 e. The van der Waals surface area contributed by atoms with Crippen LogP contribution in [0, 0.1) is 23.0 Å². The molecule has 3 aromatic carbocycles. The van der Waals surface area contributed by atoms with Gasteiger partial charge in [0.05, 0.1) is 35.3 Å². The van der Waals surface area contributed by atoms with Gasteiger partial charge in [-0.05, 0) is 80.4 Å². The number of fused-ring (bicyclic) bond motifs is 3. The van der Waals surface area contributed by atoms with Crippen molar-refractivity contribution < 1.29 is 27.5 Å². The van der Waals surface area contributed by atoms with Gasteiger partial charge in [-0.2, -0.15) is 5.26 Å². The summed E-state index contributed by atoms with van der Waals surface area (Å²) in [7, 11) is -2.06. The first kappa shape index (κ1) is 36.9. The number of carbonyl (C=O) groups excluding carboxylic acids is 1. The zero-order chi connectivity index (χ0) is 36.1. The number of halogens is 4. The molecule has 12 heteroatoms. The van der Waals surface area contributed by atoms with Gasteiger partial charge in [0.1, 0.15) is 18.0 Å². The lowest BCUT2D eigenvalue weighted by Crippen LogP contribution is -2.60. The average Bonchev–Trinajstić information content (AvgIpc) is 3.33. The van der Waals surface area contributed by atoms with E-state index in [1.807, 2.05) is 23.1 Å². The number of anilines is 1. The largest absolute Gasteiger partial charge is 0.488 e. The smallest absolute Gasteiger partial charge is 0.410 e. The van der Waals surface area contributed by atoms with E-state index < -0.39 is 37.2 Å². The van der Waals surface area contributed by atoms with E-state index in [0.29, 0.717) is 29.4 Å². The lowest BCUT2D eigenvalue weighted by atomic mass is 9.82. The molecule has 0 aliphatic carbocycles. The van der Waals surface area contributed by atoms with Crippen LogP contribution >= 0.6 is 23.2 Å². The Morgan fingerprint density at radius 3 is 2.37 bits per heavy atom. The summed E-state index contributed by atoms with van der Waals surface area (Å²) in [5.41, 5.74) is 0.108. The second-order valence-electron chi connectivity index (χ2n) is 15.2. The molecule has 0 bridgehead atoms. The second-order valence-corrected chi connectivity index (χ2v) is 20.8. The van der Waals surface area contributed by atoms with E-state index in [2.05, 4.69) is 39.9 Å². The van der Waals surface area contributed by atoms with Gasteiger partial charge < -0.3 is 23.7 Å². The van der Waals surface area contributed by atoms with Crippen molar-refractivity contribution in [2.75, 3.05) is 37.7 Å². The van der Waals surface area contributed by atoms with E-state index in [9.17, 15) is 10.1 Å². The van der Waals surface area contributed by atoms with Crippen molar-refractivity contribution in [1.82, 2.24) is 4.90 Å². The van der Waals surface area contributed by atoms with Crippen LogP contribution in [0.2, 0.25) is 28.2 Å². The molecule has 1 amide bonds. The van der Waals surface area contributed by atoms with Crippen molar-refractivity contribution in [2.45, 2.75) is 77.2 Å². The highest BCUT2D eigenvalue weighted by Gasteiger charge is 2.51. The van der Waals surface area contributed by atoms with Gasteiger partial charge in [-0.25, -0.2) is 13.6 Å². The molecule has 2 aliphatic rings. The fourth-order valence-electron chi connectivity index (χ4n) is 6.32. The van der Waals surface area contributed by atoms with E-state index >= 15 is 8.78 Å². The van der Waals surface area contributed by atoms with Crippen molar-refractivity contribution in [3.8, 4) is 22.9 Å². The summed E-state index contributed by atoms with van der Waals surface area (Å²) >= 11 is 13.2. The Balaban J connectivity index is 1.59. The molecule has 1 atom stereocenters. The maximum Gasteiger partial charge on any atom is 0.410 e. The summed E-state index contributed by atoms with van der Waals surface area (Å²) in [6, 6.07) is 13.6. The van der Waals surface area contributed by atoms with Gasteiger partial charge >= 0.3 is 6.09 Å². The summed E-state index contributed by atoms with van der Waals surface area (Å²) < 4.78 is 50.3. The van der Waals surface area contributed by atoms with Crippen molar-refractivity contribution in [2.24, 2.45) is 0 Å². The number of nitriles is 1. The van der Waals surface area contributed by atoms with Crippen molar-refractivity contribution in [3.63, 3.8) is 0 Å². The Morgan fingerprint density at radius 1 is 1.02 bits per heavy atom. The molecule has 1 unspecified atom stereocenters. The molecule has 7 nitrogen and oxygen atoms in total. The van der Waals surface area contributed by atoms with Crippen LogP contribution in [0.3, 0.4) is 0 Å². The Morgan fingerprint density at radius 2 is 1.73 bits per heavy atom. The van der Waals surface area contributed by atoms with Crippen LogP contribution in [0.25, 0.3) is 11.1 Å². The molecule has 0 N–H and O–H groups in total. The van der Waals surface area contributed by atoms with E-state index in [1.54, 1.807) is 31.7 Å². The molecular weight excluding hydrogens is 687 g/mol. The van der Waals surface area contributed by atoms with Crippen LogP contribution in [0.1, 0.15) is 58.2 Å². The van der Waals surface area contributed by atoms with E-state index in [0.717, 1.165) is 5.56 Å². The number of carbonyl (C=O) groups is 1. The number of piperazine rings is 1. The quantitative estimate of drug-likeness (QED) is 0.178. The zero-order valence-electron chi connectivity index (χ0n) is 29.3. The number of ether oxygens (including phenoxy) is 2. The first-order valence-corrected chi connectivity index (χ1v) is 20.0. The van der Waals surface area contributed by atoms with Gasteiger partial charge in [-0.1, -0.05) is 56.1 Å². The third-order valence-corrected chi connectivity index (χ3v) is 14.9. The summed E-state index contributed by atoms with van der Waals surface area (Å²) in [6.45, 7) is 17.2. The standard InChI is InChI=1S/C37H43Cl2F2N3O4Si/c1-35(2,3)48-34(45)43-14-15-44-28-19-27(40)32(39)31(26(28)20-37(44,22-43)24-10-9-11-25(38)18-24)30-23(21-42)12-13-29(33(30)41)46-16-17-47-49(7,8)36(4,5)6/h9-13,18-19H,14-17,20,22H2,1-8H3. The average molecular weight is 731 g/mol. The summed E-state index contributed by atoms with van der Waals surface area (Å²) in [5.74, 6) is -1.68. The number of hydrogen-bond donors (Lipinski definition) is 0. The van der Waals surface area contributed by atoms with E-state index in [-0.39, 0.29) is 58.7 Å². The van der Waals surface area contributed by atoms with E-state index in [4.69, 9.17) is 37.1 Å². The third-order valence-electron chi connectivity index (χ3n) is 9.73. The van der Waals surface area contributed by atoms with Crippen molar-refractivity contribution >= 4 is 43.3 Å². The van der Waals surface area contributed by atoms with Gasteiger partial charge in [0.15, 0.2) is 19.9 Å². The molecule has 49 heavy (non-hydrogen) atoms. The number of nitrogens with zero attached hydrogens (tertiary/aromatic N) is 3. The Kier molecular flexibility index (Phi) is 10.1. The molecule has 5 rings (SSSR count).